The van der Waals surface area contributed by atoms with Crippen LogP contribution in [-0.4, -0.2) is 15.0 Å². The summed E-state index contributed by atoms with van der Waals surface area (Å²) < 4.78 is 1.17. The molecule has 0 aliphatic carbocycles. The van der Waals surface area contributed by atoms with Gasteiger partial charge in [-0.1, -0.05) is 35.9 Å². The third kappa shape index (κ3) is 3.44. The average molecular weight is 360 g/mol. The molecule has 4 nitrogen and oxygen atoms in total. The molecule has 0 radical (unpaired) electrons. The second-order valence-corrected chi connectivity index (χ2v) is 7.39. The van der Waals surface area contributed by atoms with Gasteiger partial charge in [0.05, 0.1) is 21.4 Å². The molecule has 2 aromatic heterocycles. The van der Waals surface area contributed by atoms with Gasteiger partial charge in [0.25, 0.3) is 0 Å². The Morgan fingerprint density at radius 2 is 1.88 bits per heavy atom. The van der Waals surface area contributed by atoms with Crippen molar-refractivity contribution in [3.63, 3.8) is 0 Å². The fraction of sp³-hybridized carbons (Fsp3) is 0.190. The van der Waals surface area contributed by atoms with E-state index in [1.807, 2.05) is 24.6 Å². The lowest BCUT2D eigenvalue weighted by Gasteiger charge is -2.16. The Labute approximate surface area is 157 Å². The standard InChI is InChI=1S/C21H20N4S/c1-13-5-4-6-16(9-13)14(2)23-21-11-19(24-15(3)25-21)17-7-8-18-20(10-17)26-12-22-18/h4-12,14H,1-3H3,(H,23,24,25). The van der Waals surface area contributed by atoms with Gasteiger partial charge in [0.2, 0.25) is 0 Å². The topological polar surface area (TPSA) is 50.7 Å². The highest BCUT2D eigenvalue weighted by Gasteiger charge is 2.10. The molecule has 0 bridgehead atoms. The molecule has 0 aliphatic heterocycles. The summed E-state index contributed by atoms with van der Waals surface area (Å²) in [5.74, 6) is 1.59. The van der Waals surface area contributed by atoms with Crippen LogP contribution in [0, 0.1) is 13.8 Å². The molecule has 1 N–H and O–H groups in total. The molecule has 0 saturated carbocycles. The van der Waals surface area contributed by atoms with Gasteiger partial charge in [0.1, 0.15) is 11.6 Å². The molecule has 0 aliphatic rings. The number of aryl methyl sites for hydroxylation is 2. The van der Waals surface area contributed by atoms with Crippen LogP contribution in [0.5, 0.6) is 0 Å². The molecular formula is C21H20N4S. The van der Waals surface area contributed by atoms with Crippen LogP contribution >= 0.6 is 11.3 Å². The third-order valence-electron chi connectivity index (χ3n) is 4.37. The molecule has 0 spiro atoms. The van der Waals surface area contributed by atoms with E-state index in [4.69, 9.17) is 0 Å². The van der Waals surface area contributed by atoms with Crippen molar-refractivity contribution in [1.82, 2.24) is 15.0 Å². The van der Waals surface area contributed by atoms with Gasteiger partial charge in [-0.25, -0.2) is 15.0 Å². The van der Waals surface area contributed by atoms with Crippen molar-refractivity contribution in [2.24, 2.45) is 0 Å². The Morgan fingerprint density at radius 1 is 1.00 bits per heavy atom. The van der Waals surface area contributed by atoms with Crippen molar-refractivity contribution in [2.45, 2.75) is 26.8 Å². The van der Waals surface area contributed by atoms with Crippen molar-refractivity contribution in [3.8, 4) is 11.3 Å². The summed E-state index contributed by atoms with van der Waals surface area (Å²) in [6.45, 7) is 6.19. The van der Waals surface area contributed by atoms with Gasteiger partial charge >= 0.3 is 0 Å². The predicted octanol–water partition coefficient (Wildman–Crippen LogP) is 5.54. The SMILES string of the molecule is Cc1cccc(C(C)Nc2cc(-c3ccc4ncsc4c3)nc(C)n2)c1. The van der Waals surface area contributed by atoms with Gasteiger partial charge in [-0.15, -0.1) is 11.3 Å². The minimum atomic E-state index is 0.168. The zero-order valence-corrected chi connectivity index (χ0v) is 15.8. The monoisotopic (exact) mass is 360 g/mol. The third-order valence-corrected chi connectivity index (χ3v) is 5.16. The van der Waals surface area contributed by atoms with E-state index >= 15 is 0 Å². The van der Waals surface area contributed by atoms with Crippen LogP contribution in [0.15, 0.2) is 54.0 Å². The number of nitrogens with one attached hydrogen (secondary N) is 1. The molecular weight excluding hydrogens is 340 g/mol. The predicted molar refractivity (Wildman–Crippen MR) is 109 cm³/mol. The highest BCUT2D eigenvalue weighted by atomic mass is 32.1. The van der Waals surface area contributed by atoms with Gasteiger partial charge in [-0.3, -0.25) is 0 Å². The van der Waals surface area contributed by atoms with E-state index in [2.05, 4.69) is 70.5 Å². The maximum atomic E-state index is 4.62. The summed E-state index contributed by atoms with van der Waals surface area (Å²) in [4.78, 5) is 13.5. The van der Waals surface area contributed by atoms with E-state index < -0.39 is 0 Å². The summed E-state index contributed by atoms with van der Waals surface area (Å²) in [7, 11) is 0. The first-order valence-corrected chi connectivity index (χ1v) is 9.49. The van der Waals surface area contributed by atoms with E-state index in [-0.39, 0.29) is 6.04 Å². The summed E-state index contributed by atoms with van der Waals surface area (Å²) in [5.41, 5.74) is 7.40. The number of rotatable bonds is 4. The van der Waals surface area contributed by atoms with E-state index in [9.17, 15) is 0 Å². The molecule has 1 unspecified atom stereocenters. The first-order valence-electron chi connectivity index (χ1n) is 8.61. The molecule has 2 aromatic carbocycles. The summed E-state index contributed by atoms with van der Waals surface area (Å²) >= 11 is 1.64. The highest BCUT2D eigenvalue weighted by molar-refractivity contribution is 7.16. The van der Waals surface area contributed by atoms with Crippen molar-refractivity contribution < 1.29 is 0 Å². The largest absolute Gasteiger partial charge is 0.363 e. The Bertz CT molecular complexity index is 1070. The minimum absolute atomic E-state index is 0.168. The van der Waals surface area contributed by atoms with E-state index in [0.29, 0.717) is 0 Å². The number of thiazole rings is 1. The first-order chi connectivity index (χ1) is 12.6. The second-order valence-electron chi connectivity index (χ2n) is 6.50. The Balaban J connectivity index is 1.65. The van der Waals surface area contributed by atoms with E-state index in [1.54, 1.807) is 11.3 Å². The maximum Gasteiger partial charge on any atom is 0.130 e. The molecule has 0 fully saturated rings. The smallest absolute Gasteiger partial charge is 0.130 e. The van der Waals surface area contributed by atoms with Gasteiger partial charge in [-0.2, -0.15) is 0 Å². The molecule has 2 heterocycles. The molecule has 5 heteroatoms. The Morgan fingerprint density at radius 3 is 2.73 bits per heavy atom. The highest BCUT2D eigenvalue weighted by Crippen LogP contribution is 2.27. The second kappa shape index (κ2) is 6.84. The van der Waals surface area contributed by atoms with Gasteiger partial charge < -0.3 is 5.32 Å². The van der Waals surface area contributed by atoms with Crippen molar-refractivity contribution in [2.75, 3.05) is 5.32 Å². The van der Waals surface area contributed by atoms with Gasteiger partial charge in [0.15, 0.2) is 0 Å². The number of benzene rings is 2. The summed E-state index contributed by atoms with van der Waals surface area (Å²) in [5, 5.41) is 3.51. The van der Waals surface area contributed by atoms with Crippen molar-refractivity contribution in [3.05, 3.63) is 71.0 Å². The van der Waals surface area contributed by atoms with Crippen LogP contribution in [0.3, 0.4) is 0 Å². The molecule has 4 rings (SSSR count). The number of hydrogen-bond donors (Lipinski definition) is 1. The van der Waals surface area contributed by atoms with E-state index in [0.717, 1.165) is 28.4 Å². The molecule has 0 saturated heterocycles. The zero-order valence-electron chi connectivity index (χ0n) is 15.0. The molecule has 1 atom stereocenters. The van der Waals surface area contributed by atoms with Crippen LogP contribution in [0.2, 0.25) is 0 Å². The van der Waals surface area contributed by atoms with Gasteiger partial charge in [0, 0.05) is 17.7 Å². The lowest BCUT2D eigenvalue weighted by Crippen LogP contribution is -2.09. The Hall–Kier alpha value is -2.79. The number of anilines is 1. The van der Waals surface area contributed by atoms with Crippen LogP contribution < -0.4 is 5.32 Å². The fourth-order valence-electron chi connectivity index (χ4n) is 3.05. The molecule has 4 aromatic rings. The first kappa shape index (κ1) is 16.7. The summed E-state index contributed by atoms with van der Waals surface area (Å²) in [6.07, 6.45) is 0. The van der Waals surface area contributed by atoms with Gasteiger partial charge in [-0.05, 0) is 38.5 Å². The summed E-state index contributed by atoms with van der Waals surface area (Å²) in [6, 6.07) is 17.0. The lowest BCUT2D eigenvalue weighted by atomic mass is 10.1. The normalized spacial score (nSPS) is 12.3. The van der Waals surface area contributed by atoms with Crippen molar-refractivity contribution in [1.29, 1.82) is 0 Å². The number of fused-ring (bicyclic) bond motifs is 1. The number of aromatic nitrogens is 3. The zero-order chi connectivity index (χ0) is 18.1. The number of hydrogen-bond acceptors (Lipinski definition) is 5. The molecule has 130 valence electrons. The van der Waals surface area contributed by atoms with Crippen LogP contribution in [0.25, 0.3) is 21.5 Å². The molecule has 0 amide bonds. The van der Waals surface area contributed by atoms with Crippen LogP contribution in [0.1, 0.15) is 29.9 Å². The molecule has 26 heavy (non-hydrogen) atoms. The van der Waals surface area contributed by atoms with Crippen molar-refractivity contribution >= 4 is 27.4 Å². The number of nitrogens with zero attached hydrogens (tertiary/aromatic N) is 3. The fourth-order valence-corrected chi connectivity index (χ4v) is 3.76. The van der Waals surface area contributed by atoms with E-state index in [1.165, 1.54) is 15.8 Å². The average Bonchev–Trinajstić information content (AvgIpc) is 3.09. The lowest BCUT2D eigenvalue weighted by molar-refractivity contribution is 0.866. The van der Waals surface area contributed by atoms with Crippen LogP contribution in [-0.2, 0) is 0 Å². The quantitative estimate of drug-likeness (QED) is 0.519. The Kier molecular flexibility index (Phi) is 4.39. The maximum absolute atomic E-state index is 4.62. The minimum Gasteiger partial charge on any atom is -0.363 e. The van der Waals surface area contributed by atoms with Crippen LogP contribution in [0.4, 0.5) is 5.82 Å².